The van der Waals surface area contributed by atoms with Crippen LogP contribution in [0.15, 0.2) is 0 Å². The Morgan fingerprint density at radius 3 is 2.86 bits per heavy atom. The SMILES string of the molecule is CCC(=O)N1CCCCC1CC(C)O. The van der Waals surface area contributed by atoms with Gasteiger partial charge in [0.15, 0.2) is 0 Å². The largest absolute Gasteiger partial charge is 0.393 e. The van der Waals surface area contributed by atoms with Gasteiger partial charge < -0.3 is 10.0 Å². The van der Waals surface area contributed by atoms with Gasteiger partial charge in [0.25, 0.3) is 0 Å². The summed E-state index contributed by atoms with van der Waals surface area (Å²) in [4.78, 5) is 13.6. The lowest BCUT2D eigenvalue weighted by molar-refractivity contribution is -0.135. The molecule has 0 spiro atoms. The van der Waals surface area contributed by atoms with Gasteiger partial charge in [0, 0.05) is 19.0 Å². The molecule has 1 aliphatic heterocycles. The number of aliphatic hydroxyl groups excluding tert-OH is 1. The second-order valence-corrected chi connectivity index (χ2v) is 4.18. The Labute approximate surface area is 86.1 Å². The summed E-state index contributed by atoms with van der Waals surface area (Å²) in [7, 11) is 0. The first-order chi connectivity index (χ1) is 6.65. The van der Waals surface area contributed by atoms with Gasteiger partial charge >= 0.3 is 0 Å². The van der Waals surface area contributed by atoms with Crippen molar-refractivity contribution in [3.8, 4) is 0 Å². The molecule has 1 fully saturated rings. The number of carbonyl (C=O) groups excluding carboxylic acids is 1. The Hall–Kier alpha value is -0.570. The third-order valence-electron chi connectivity index (χ3n) is 2.86. The van der Waals surface area contributed by atoms with E-state index < -0.39 is 0 Å². The van der Waals surface area contributed by atoms with Crippen LogP contribution in [0.2, 0.25) is 0 Å². The molecule has 0 aromatic rings. The summed E-state index contributed by atoms with van der Waals surface area (Å²) < 4.78 is 0. The van der Waals surface area contributed by atoms with Crippen molar-refractivity contribution in [2.45, 2.75) is 58.1 Å². The molecular formula is C11H21NO2. The van der Waals surface area contributed by atoms with E-state index in [1.165, 1.54) is 6.42 Å². The molecule has 1 aliphatic rings. The molecular weight excluding hydrogens is 178 g/mol. The maximum absolute atomic E-state index is 11.6. The third kappa shape index (κ3) is 2.98. The predicted molar refractivity (Wildman–Crippen MR) is 55.9 cm³/mol. The van der Waals surface area contributed by atoms with E-state index in [4.69, 9.17) is 0 Å². The highest BCUT2D eigenvalue weighted by molar-refractivity contribution is 5.76. The van der Waals surface area contributed by atoms with E-state index in [0.717, 1.165) is 25.8 Å². The highest BCUT2D eigenvalue weighted by atomic mass is 16.3. The van der Waals surface area contributed by atoms with Crippen molar-refractivity contribution in [3.63, 3.8) is 0 Å². The number of amides is 1. The first-order valence-electron chi connectivity index (χ1n) is 5.62. The van der Waals surface area contributed by atoms with Gasteiger partial charge in [-0.3, -0.25) is 4.79 Å². The van der Waals surface area contributed by atoms with Crippen LogP contribution < -0.4 is 0 Å². The topological polar surface area (TPSA) is 40.5 Å². The van der Waals surface area contributed by atoms with Crippen LogP contribution >= 0.6 is 0 Å². The van der Waals surface area contributed by atoms with Crippen LogP contribution in [0.25, 0.3) is 0 Å². The summed E-state index contributed by atoms with van der Waals surface area (Å²) in [6.07, 6.45) is 4.36. The van der Waals surface area contributed by atoms with Crippen LogP contribution in [0.4, 0.5) is 0 Å². The Balaban J connectivity index is 2.54. The molecule has 1 saturated heterocycles. The third-order valence-corrected chi connectivity index (χ3v) is 2.86. The lowest BCUT2D eigenvalue weighted by atomic mass is 9.97. The maximum atomic E-state index is 11.6. The molecule has 3 heteroatoms. The number of rotatable bonds is 3. The summed E-state index contributed by atoms with van der Waals surface area (Å²) in [5.74, 6) is 0.232. The lowest BCUT2D eigenvalue weighted by Crippen LogP contribution is -2.44. The molecule has 2 atom stereocenters. The fourth-order valence-electron chi connectivity index (χ4n) is 2.17. The van der Waals surface area contributed by atoms with Crippen molar-refractivity contribution in [1.82, 2.24) is 4.90 Å². The molecule has 0 saturated carbocycles. The normalized spacial score (nSPS) is 24.8. The fraction of sp³-hybridized carbons (Fsp3) is 0.909. The van der Waals surface area contributed by atoms with Gasteiger partial charge in [-0.25, -0.2) is 0 Å². The van der Waals surface area contributed by atoms with Crippen LogP contribution in [0.3, 0.4) is 0 Å². The number of piperidine rings is 1. The highest BCUT2D eigenvalue weighted by Crippen LogP contribution is 2.21. The summed E-state index contributed by atoms with van der Waals surface area (Å²) in [5.41, 5.74) is 0. The fourth-order valence-corrected chi connectivity index (χ4v) is 2.17. The number of hydrogen-bond acceptors (Lipinski definition) is 2. The minimum Gasteiger partial charge on any atom is -0.393 e. The summed E-state index contributed by atoms with van der Waals surface area (Å²) >= 11 is 0. The summed E-state index contributed by atoms with van der Waals surface area (Å²) in [5, 5.41) is 9.34. The number of hydrogen-bond donors (Lipinski definition) is 1. The van der Waals surface area contributed by atoms with Crippen LogP contribution in [0, 0.1) is 0 Å². The number of carbonyl (C=O) groups is 1. The quantitative estimate of drug-likeness (QED) is 0.749. The molecule has 1 heterocycles. The van der Waals surface area contributed by atoms with Crippen molar-refractivity contribution in [3.05, 3.63) is 0 Å². The molecule has 0 radical (unpaired) electrons. The minimum absolute atomic E-state index is 0.232. The second kappa shape index (κ2) is 5.35. The molecule has 82 valence electrons. The zero-order chi connectivity index (χ0) is 10.6. The second-order valence-electron chi connectivity index (χ2n) is 4.18. The van der Waals surface area contributed by atoms with E-state index in [0.29, 0.717) is 6.42 Å². The van der Waals surface area contributed by atoms with Crippen molar-refractivity contribution in [1.29, 1.82) is 0 Å². The van der Waals surface area contributed by atoms with Gasteiger partial charge in [0.05, 0.1) is 6.10 Å². The van der Waals surface area contributed by atoms with E-state index in [1.807, 2.05) is 11.8 Å². The molecule has 14 heavy (non-hydrogen) atoms. The molecule has 2 unspecified atom stereocenters. The average Bonchev–Trinajstić information content (AvgIpc) is 2.16. The smallest absolute Gasteiger partial charge is 0.222 e. The van der Waals surface area contributed by atoms with Gasteiger partial charge in [-0.2, -0.15) is 0 Å². The highest BCUT2D eigenvalue weighted by Gasteiger charge is 2.26. The lowest BCUT2D eigenvalue weighted by Gasteiger charge is -2.36. The van der Waals surface area contributed by atoms with E-state index in [-0.39, 0.29) is 18.1 Å². The van der Waals surface area contributed by atoms with Gasteiger partial charge in [0.1, 0.15) is 0 Å². The van der Waals surface area contributed by atoms with Gasteiger partial charge in [-0.05, 0) is 32.6 Å². The van der Waals surface area contributed by atoms with Crippen LogP contribution in [0.1, 0.15) is 46.0 Å². The van der Waals surface area contributed by atoms with E-state index in [1.54, 1.807) is 6.92 Å². The van der Waals surface area contributed by atoms with Crippen molar-refractivity contribution >= 4 is 5.91 Å². The average molecular weight is 199 g/mol. The summed E-state index contributed by atoms with van der Waals surface area (Å²) in [6, 6.07) is 0.274. The molecule has 1 N–H and O–H groups in total. The summed E-state index contributed by atoms with van der Waals surface area (Å²) in [6.45, 7) is 4.57. The van der Waals surface area contributed by atoms with Gasteiger partial charge in [-0.1, -0.05) is 6.92 Å². The number of likely N-dealkylation sites (tertiary alicyclic amines) is 1. The molecule has 3 nitrogen and oxygen atoms in total. The van der Waals surface area contributed by atoms with Crippen molar-refractivity contribution < 1.29 is 9.90 Å². The van der Waals surface area contributed by atoms with Crippen LogP contribution in [-0.4, -0.2) is 34.6 Å². The predicted octanol–water partition coefficient (Wildman–Crippen LogP) is 1.55. The zero-order valence-corrected chi connectivity index (χ0v) is 9.20. The molecule has 1 amide bonds. The van der Waals surface area contributed by atoms with Gasteiger partial charge in [0.2, 0.25) is 5.91 Å². The van der Waals surface area contributed by atoms with E-state index in [9.17, 15) is 9.90 Å². The Bertz CT molecular complexity index is 192. The van der Waals surface area contributed by atoms with E-state index >= 15 is 0 Å². The molecule has 0 bridgehead atoms. The Morgan fingerprint density at radius 1 is 1.57 bits per heavy atom. The first-order valence-corrected chi connectivity index (χ1v) is 5.62. The molecule has 0 aromatic carbocycles. The zero-order valence-electron chi connectivity index (χ0n) is 9.20. The molecule has 1 rings (SSSR count). The molecule has 0 aliphatic carbocycles. The van der Waals surface area contributed by atoms with Crippen molar-refractivity contribution in [2.24, 2.45) is 0 Å². The minimum atomic E-state index is -0.301. The Kier molecular flexibility index (Phi) is 4.39. The number of aliphatic hydroxyl groups is 1. The number of nitrogens with zero attached hydrogens (tertiary/aromatic N) is 1. The van der Waals surface area contributed by atoms with Crippen molar-refractivity contribution in [2.75, 3.05) is 6.54 Å². The first kappa shape index (κ1) is 11.5. The van der Waals surface area contributed by atoms with E-state index in [2.05, 4.69) is 0 Å². The standard InChI is InChI=1S/C11H21NO2/c1-3-11(14)12-7-5-4-6-10(12)8-9(2)13/h9-10,13H,3-8H2,1-2H3. The maximum Gasteiger partial charge on any atom is 0.222 e. The van der Waals surface area contributed by atoms with Crippen LogP contribution in [-0.2, 0) is 4.79 Å². The Morgan fingerprint density at radius 2 is 2.29 bits per heavy atom. The molecule has 0 aromatic heterocycles. The monoisotopic (exact) mass is 199 g/mol. The van der Waals surface area contributed by atoms with Gasteiger partial charge in [-0.15, -0.1) is 0 Å². The van der Waals surface area contributed by atoms with Crippen LogP contribution in [0.5, 0.6) is 0 Å².